The molecule has 138 valence electrons. The van der Waals surface area contributed by atoms with Gasteiger partial charge < -0.3 is 9.05 Å². The van der Waals surface area contributed by atoms with Crippen LogP contribution in [0.25, 0.3) is 0 Å². The third kappa shape index (κ3) is 5.59. The molecule has 1 unspecified atom stereocenters. The fourth-order valence-corrected chi connectivity index (χ4v) is 3.96. The second-order valence-electron chi connectivity index (χ2n) is 5.12. The van der Waals surface area contributed by atoms with E-state index >= 15 is 0 Å². The molecule has 0 radical (unpaired) electrons. The van der Waals surface area contributed by atoms with Crippen LogP contribution in [-0.2, 0) is 9.36 Å². The monoisotopic (exact) mass is 396 g/mol. The van der Waals surface area contributed by atoms with Crippen LogP contribution in [0.5, 0.6) is 11.5 Å². The van der Waals surface area contributed by atoms with E-state index < -0.39 is 18.7 Å². The van der Waals surface area contributed by atoms with Crippen molar-refractivity contribution in [2.75, 3.05) is 6.26 Å². The number of thioether (sulfide) groups is 1. The number of nitrogens with zero attached hydrogens (tertiary/aromatic N) is 1. The van der Waals surface area contributed by atoms with Crippen LogP contribution in [0, 0.1) is 10.1 Å². The Balaban J connectivity index is 2.25. The van der Waals surface area contributed by atoms with Gasteiger partial charge in [-0.25, -0.2) is 4.57 Å². The molecule has 0 spiro atoms. The minimum absolute atomic E-state index is 0.103. The van der Waals surface area contributed by atoms with Crippen LogP contribution >= 0.6 is 19.5 Å². The van der Waals surface area contributed by atoms with Crippen molar-refractivity contribution in [2.24, 2.45) is 0 Å². The van der Waals surface area contributed by atoms with Crippen molar-refractivity contribution in [1.82, 2.24) is 5.09 Å². The molecule has 8 nitrogen and oxygen atoms in total. The molecule has 0 saturated carbocycles. The van der Waals surface area contributed by atoms with Crippen molar-refractivity contribution in [1.29, 1.82) is 0 Å². The highest BCUT2D eigenvalue weighted by Crippen LogP contribution is 2.45. The van der Waals surface area contributed by atoms with Crippen molar-refractivity contribution in [3.63, 3.8) is 0 Å². The molecular formula is C16H17N2O6PS. The van der Waals surface area contributed by atoms with Gasteiger partial charge in [0.05, 0.1) is 11.0 Å². The fraction of sp³-hybridized carbons (Fsp3) is 0.188. The molecule has 0 heterocycles. The van der Waals surface area contributed by atoms with Crippen LogP contribution in [-0.4, -0.2) is 22.3 Å². The van der Waals surface area contributed by atoms with Crippen LogP contribution in [0.3, 0.4) is 0 Å². The summed E-state index contributed by atoms with van der Waals surface area (Å²) in [6.07, 6.45) is 1.61. The average molecular weight is 396 g/mol. The number of non-ortho nitro benzene ring substituents is 1. The lowest BCUT2D eigenvalue weighted by Crippen LogP contribution is -2.32. The topological polar surface area (TPSA) is 108 Å². The molecule has 1 N–H and O–H groups in total. The maximum Gasteiger partial charge on any atom is 0.513 e. The predicted octanol–water partition coefficient (Wildman–Crippen LogP) is 4.03. The molecule has 0 bridgehead atoms. The molecular weight excluding hydrogens is 379 g/mol. The SMILES string of the molecule is CSC(=O)[C@H](C)NP(=O)(Oc1ccccc1)Oc1ccc([N+](=O)[O-])cc1. The summed E-state index contributed by atoms with van der Waals surface area (Å²) in [5.41, 5.74) is -0.130. The Labute approximate surface area is 154 Å². The van der Waals surface area contributed by atoms with Crippen molar-refractivity contribution in [3.8, 4) is 11.5 Å². The Kier molecular flexibility index (Phi) is 6.79. The van der Waals surface area contributed by atoms with E-state index in [0.717, 1.165) is 11.8 Å². The predicted molar refractivity (Wildman–Crippen MR) is 99.5 cm³/mol. The van der Waals surface area contributed by atoms with Gasteiger partial charge in [-0.15, -0.1) is 0 Å². The van der Waals surface area contributed by atoms with E-state index in [-0.39, 0.29) is 22.3 Å². The van der Waals surface area contributed by atoms with Crippen LogP contribution in [0.1, 0.15) is 6.92 Å². The van der Waals surface area contributed by atoms with Crippen LogP contribution in [0.15, 0.2) is 54.6 Å². The number of hydrogen-bond donors (Lipinski definition) is 1. The van der Waals surface area contributed by atoms with Gasteiger partial charge in [0.15, 0.2) is 0 Å². The normalized spacial score (nSPS) is 14.1. The van der Waals surface area contributed by atoms with E-state index in [1.807, 2.05) is 0 Å². The van der Waals surface area contributed by atoms with E-state index in [1.54, 1.807) is 43.5 Å². The van der Waals surface area contributed by atoms with E-state index in [4.69, 9.17) is 9.05 Å². The molecule has 2 aromatic carbocycles. The van der Waals surface area contributed by atoms with Gasteiger partial charge in [-0.05, 0) is 37.4 Å². The van der Waals surface area contributed by atoms with Crippen molar-refractivity contribution >= 4 is 30.3 Å². The molecule has 2 rings (SSSR count). The lowest BCUT2D eigenvalue weighted by atomic mass is 10.3. The summed E-state index contributed by atoms with van der Waals surface area (Å²) in [5, 5.41) is 13.1. The summed E-state index contributed by atoms with van der Waals surface area (Å²) >= 11 is 0.983. The fourth-order valence-electron chi connectivity index (χ4n) is 1.93. The van der Waals surface area contributed by atoms with Gasteiger partial charge in [0.1, 0.15) is 11.5 Å². The lowest BCUT2D eigenvalue weighted by molar-refractivity contribution is -0.384. The number of rotatable bonds is 8. The zero-order chi connectivity index (χ0) is 19.2. The number of carbonyl (C=O) groups excluding carboxylic acids is 1. The number of benzene rings is 2. The maximum absolute atomic E-state index is 13.2. The van der Waals surface area contributed by atoms with Crippen LogP contribution < -0.4 is 14.1 Å². The van der Waals surface area contributed by atoms with Gasteiger partial charge in [-0.3, -0.25) is 14.9 Å². The van der Waals surface area contributed by atoms with E-state index in [1.165, 1.54) is 24.3 Å². The Morgan fingerprint density at radius 1 is 1.12 bits per heavy atom. The van der Waals surface area contributed by atoms with Crippen LogP contribution in [0.4, 0.5) is 5.69 Å². The number of para-hydroxylation sites is 1. The summed E-state index contributed by atoms with van der Waals surface area (Å²) in [7, 11) is -3.98. The second kappa shape index (κ2) is 8.84. The molecule has 2 aromatic rings. The average Bonchev–Trinajstić information content (AvgIpc) is 2.61. The van der Waals surface area contributed by atoms with E-state index in [0.29, 0.717) is 0 Å². The molecule has 0 amide bonds. The maximum atomic E-state index is 13.2. The Morgan fingerprint density at radius 3 is 2.15 bits per heavy atom. The Bertz CT molecular complexity index is 815. The lowest BCUT2D eigenvalue weighted by Gasteiger charge is -2.22. The summed E-state index contributed by atoms with van der Waals surface area (Å²) in [4.78, 5) is 22.0. The first-order valence-corrected chi connectivity index (χ1v) is 10.2. The molecule has 0 saturated heterocycles. The second-order valence-corrected chi connectivity index (χ2v) is 7.55. The highest BCUT2D eigenvalue weighted by Gasteiger charge is 2.33. The van der Waals surface area contributed by atoms with Crippen molar-refractivity contribution in [2.45, 2.75) is 13.0 Å². The standard InChI is InChI=1S/C16H17N2O6PS/c1-12(16(19)26-2)17-25(22,23-14-6-4-3-5-7-14)24-15-10-8-13(9-11-15)18(20)21/h3-12H,1-2H3,(H,17,22)/t12-,25?/m0/s1. The molecule has 10 heteroatoms. The molecule has 2 atom stereocenters. The summed E-state index contributed by atoms with van der Waals surface area (Å²) in [6, 6.07) is 12.6. The first-order valence-electron chi connectivity index (χ1n) is 7.47. The Hall–Kier alpha value is -2.35. The number of nitrogens with one attached hydrogen (secondary N) is 1. The third-order valence-electron chi connectivity index (χ3n) is 3.15. The Morgan fingerprint density at radius 2 is 1.65 bits per heavy atom. The third-order valence-corrected chi connectivity index (χ3v) is 5.51. The highest BCUT2D eigenvalue weighted by molar-refractivity contribution is 8.13. The minimum Gasteiger partial charge on any atom is -0.405 e. The molecule has 0 fully saturated rings. The number of nitro groups is 1. The summed E-state index contributed by atoms with van der Waals surface area (Å²) in [6.45, 7) is 1.54. The molecule has 0 aromatic heterocycles. The zero-order valence-corrected chi connectivity index (χ0v) is 15.7. The highest BCUT2D eigenvalue weighted by atomic mass is 32.2. The quantitative estimate of drug-likeness (QED) is 0.405. The molecule has 26 heavy (non-hydrogen) atoms. The zero-order valence-electron chi connectivity index (χ0n) is 14.0. The van der Waals surface area contributed by atoms with E-state index in [2.05, 4.69) is 5.09 Å². The van der Waals surface area contributed by atoms with Gasteiger partial charge in [0.2, 0.25) is 5.12 Å². The van der Waals surface area contributed by atoms with E-state index in [9.17, 15) is 19.5 Å². The minimum atomic E-state index is -3.98. The van der Waals surface area contributed by atoms with Crippen LogP contribution in [0.2, 0.25) is 0 Å². The van der Waals surface area contributed by atoms with Gasteiger partial charge in [-0.2, -0.15) is 5.09 Å². The first kappa shape index (κ1) is 20.0. The smallest absolute Gasteiger partial charge is 0.405 e. The largest absolute Gasteiger partial charge is 0.513 e. The van der Waals surface area contributed by atoms with Crippen molar-refractivity contribution < 1.29 is 23.3 Å². The molecule has 0 aliphatic rings. The number of carbonyl (C=O) groups is 1. The molecule has 0 aliphatic heterocycles. The summed E-state index contributed by atoms with van der Waals surface area (Å²) < 4.78 is 24.1. The van der Waals surface area contributed by atoms with Gasteiger partial charge in [0, 0.05) is 12.1 Å². The van der Waals surface area contributed by atoms with Gasteiger partial charge in [-0.1, -0.05) is 30.0 Å². The number of nitro benzene ring substituents is 1. The molecule has 0 aliphatic carbocycles. The summed E-state index contributed by atoms with van der Waals surface area (Å²) in [5.74, 6) is 0.389. The van der Waals surface area contributed by atoms with Gasteiger partial charge >= 0.3 is 7.75 Å². The van der Waals surface area contributed by atoms with Gasteiger partial charge in [0.25, 0.3) is 5.69 Å². The van der Waals surface area contributed by atoms with Crippen molar-refractivity contribution in [3.05, 3.63) is 64.7 Å². The number of hydrogen-bond acceptors (Lipinski definition) is 7. The first-order chi connectivity index (χ1) is 12.3.